The Kier molecular flexibility index (Phi) is 3.79. The zero-order chi connectivity index (χ0) is 12.4. The second-order valence-electron chi connectivity index (χ2n) is 3.75. The Morgan fingerprint density at radius 3 is 2.62 bits per heavy atom. The van der Waals surface area contributed by atoms with E-state index in [1.807, 2.05) is 6.07 Å². The number of nitrogens with zero attached hydrogens (tertiary/aromatic N) is 1. The van der Waals surface area contributed by atoms with E-state index in [2.05, 4.69) is 10.8 Å². The van der Waals surface area contributed by atoms with Gasteiger partial charge in [-0.25, -0.2) is 8.42 Å². The molecule has 0 heterocycles. The lowest BCUT2D eigenvalue weighted by Gasteiger charge is -2.24. The second-order valence-corrected chi connectivity index (χ2v) is 6.46. The molecule has 0 aromatic carbocycles. The van der Waals surface area contributed by atoms with Crippen LogP contribution in [0.3, 0.4) is 0 Å². The van der Waals surface area contributed by atoms with Crippen molar-refractivity contribution < 1.29 is 8.42 Å². The van der Waals surface area contributed by atoms with Gasteiger partial charge in [0, 0.05) is 0 Å². The third kappa shape index (κ3) is 2.85. The van der Waals surface area contributed by atoms with Crippen LogP contribution in [0.15, 0.2) is 18.2 Å². The lowest BCUT2D eigenvalue weighted by atomic mass is 9.97. The van der Waals surface area contributed by atoms with Gasteiger partial charge >= 0.3 is 0 Å². The third-order valence-corrected chi connectivity index (χ3v) is 4.25. The molecule has 0 saturated heterocycles. The smallest absolute Gasteiger partial charge is 0.212 e. The third-order valence-electron chi connectivity index (χ3n) is 2.12. The molecule has 16 heavy (non-hydrogen) atoms. The van der Waals surface area contributed by atoms with Crippen molar-refractivity contribution in [3.63, 3.8) is 0 Å². The fourth-order valence-electron chi connectivity index (χ4n) is 1.06. The Balaban J connectivity index is 2.99. The van der Waals surface area contributed by atoms with Gasteiger partial charge in [0.25, 0.3) is 0 Å². The lowest BCUT2D eigenvalue weighted by molar-refractivity contribution is 0.558. The van der Waals surface area contributed by atoms with Crippen LogP contribution in [0.5, 0.6) is 0 Å². The summed E-state index contributed by atoms with van der Waals surface area (Å²) in [7, 11) is -3.52. The zero-order valence-corrected chi connectivity index (χ0v) is 10.5. The topological polar surface area (TPSA) is 70.0 Å². The molecule has 6 heteroatoms. The zero-order valence-electron chi connectivity index (χ0n) is 8.94. The fraction of sp³-hybridized carbons (Fsp3) is 0.500. The van der Waals surface area contributed by atoms with Gasteiger partial charge in [-0.3, -0.25) is 0 Å². The van der Waals surface area contributed by atoms with Crippen LogP contribution in [-0.2, 0) is 10.0 Å². The van der Waals surface area contributed by atoms with Crippen molar-refractivity contribution in [1.82, 2.24) is 4.72 Å². The quantitative estimate of drug-likeness (QED) is 0.610. The maximum Gasteiger partial charge on any atom is 0.215 e. The number of alkyl halides is 1. The number of rotatable bonds is 3. The van der Waals surface area contributed by atoms with E-state index >= 15 is 0 Å². The number of hydrogen-bond acceptors (Lipinski definition) is 3. The Hall–Kier alpha value is -0.830. The highest BCUT2D eigenvalue weighted by Crippen LogP contribution is 2.19. The minimum Gasteiger partial charge on any atom is -0.212 e. The lowest BCUT2D eigenvalue weighted by Crippen LogP contribution is -2.47. The Labute approximate surface area is 101 Å². The Morgan fingerprint density at radius 1 is 1.62 bits per heavy atom. The van der Waals surface area contributed by atoms with Crippen molar-refractivity contribution in [1.29, 1.82) is 5.26 Å². The summed E-state index contributed by atoms with van der Waals surface area (Å²) in [5.74, 6) is 0. The molecular weight excluding hydrogens is 248 g/mol. The molecule has 4 nitrogen and oxygen atoms in total. The van der Waals surface area contributed by atoms with Crippen molar-refractivity contribution in [3.05, 3.63) is 24.3 Å². The van der Waals surface area contributed by atoms with Crippen LogP contribution < -0.4 is 4.72 Å². The molecule has 87 valence electrons. The van der Waals surface area contributed by atoms with Crippen molar-refractivity contribution >= 4 is 21.6 Å². The van der Waals surface area contributed by atoms with E-state index in [0.29, 0.717) is 0 Å². The van der Waals surface area contributed by atoms with Crippen LogP contribution >= 0.6 is 11.6 Å². The number of nitriles is 1. The normalized spacial score (nSPS) is 29.3. The van der Waals surface area contributed by atoms with Gasteiger partial charge in [-0.05, 0) is 32.1 Å². The van der Waals surface area contributed by atoms with Crippen molar-refractivity contribution in [2.45, 2.75) is 30.0 Å². The summed E-state index contributed by atoms with van der Waals surface area (Å²) in [6, 6.07) is 1.90. The molecule has 0 aromatic rings. The molecule has 1 aliphatic rings. The first-order chi connectivity index (χ1) is 7.31. The van der Waals surface area contributed by atoms with Gasteiger partial charge in [0.1, 0.15) is 0 Å². The molecule has 0 spiro atoms. The number of hydrogen-bond donors (Lipinski definition) is 1. The minimum absolute atomic E-state index is 0.426. The van der Waals surface area contributed by atoms with E-state index in [-0.39, 0.29) is 0 Å². The van der Waals surface area contributed by atoms with E-state index in [9.17, 15) is 8.42 Å². The maximum atomic E-state index is 11.7. The van der Waals surface area contributed by atoms with Crippen molar-refractivity contribution in [2.75, 3.05) is 0 Å². The summed E-state index contributed by atoms with van der Waals surface area (Å²) < 4.78 is 25.7. The molecule has 2 atom stereocenters. The highest BCUT2D eigenvalue weighted by molar-refractivity contribution is 7.90. The summed E-state index contributed by atoms with van der Waals surface area (Å²) in [6.07, 6.45) is 6.98. The van der Waals surface area contributed by atoms with Crippen LogP contribution in [0.1, 0.15) is 13.8 Å². The van der Waals surface area contributed by atoms with Gasteiger partial charge < -0.3 is 0 Å². The van der Waals surface area contributed by atoms with E-state index in [1.54, 1.807) is 0 Å². The van der Waals surface area contributed by atoms with Crippen molar-refractivity contribution in [3.8, 4) is 6.07 Å². The molecule has 0 amide bonds. The summed E-state index contributed by atoms with van der Waals surface area (Å²) in [6.45, 7) is 3.08. The molecule has 1 aliphatic carbocycles. The molecule has 1 radical (unpaired) electrons. The molecule has 0 saturated carbocycles. The molecule has 0 bridgehead atoms. The molecule has 0 aromatic heterocycles. The maximum absolute atomic E-state index is 11.7. The minimum atomic E-state index is -3.52. The highest BCUT2D eigenvalue weighted by Gasteiger charge is 2.33. The van der Waals surface area contributed by atoms with Crippen LogP contribution in [0.25, 0.3) is 0 Å². The van der Waals surface area contributed by atoms with Crippen LogP contribution in [0.4, 0.5) is 0 Å². The molecule has 1 rings (SSSR count). The number of halogens is 1. The van der Waals surface area contributed by atoms with Gasteiger partial charge in [-0.2, -0.15) is 9.98 Å². The van der Waals surface area contributed by atoms with Gasteiger partial charge in [0.15, 0.2) is 5.54 Å². The molecule has 0 fully saturated rings. The summed E-state index contributed by atoms with van der Waals surface area (Å²) in [5.41, 5.74) is -1.37. The predicted molar refractivity (Wildman–Crippen MR) is 62.1 cm³/mol. The van der Waals surface area contributed by atoms with Crippen molar-refractivity contribution in [2.24, 2.45) is 0 Å². The van der Waals surface area contributed by atoms with E-state index in [1.165, 1.54) is 32.1 Å². The molecule has 2 unspecified atom stereocenters. The first-order valence-corrected chi connectivity index (χ1v) is 6.67. The summed E-state index contributed by atoms with van der Waals surface area (Å²) in [4.78, 5) is 0. The Bertz CT molecular complexity index is 446. The highest BCUT2D eigenvalue weighted by atomic mass is 35.5. The molecular formula is C10H12ClN2O2S. The monoisotopic (exact) mass is 259 g/mol. The number of allylic oxidation sites excluding steroid dienone is 2. The van der Waals surface area contributed by atoms with Crippen LogP contribution in [0, 0.1) is 17.4 Å². The fourth-order valence-corrected chi connectivity index (χ4v) is 2.07. The van der Waals surface area contributed by atoms with Gasteiger partial charge in [0.2, 0.25) is 10.0 Å². The average molecular weight is 260 g/mol. The van der Waals surface area contributed by atoms with Gasteiger partial charge in [-0.1, -0.05) is 6.08 Å². The largest absolute Gasteiger partial charge is 0.215 e. The molecule has 1 N–H and O–H groups in total. The predicted octanol–water partition coefficient (Wildman–Crippen LogP) is 1.11. The van der Waals surface area contributed by atoms with E-state index < -0.39 is 26.2 Å². The Morgan fingerprint density at radius 2 is 2.25 bits per heavy atom. The molecule has 0 aliphatic heterocycles. The van der Waals surface area contributed by atoms with Gasteiger partial charge in [-0.15, -0.1) is 11.6 Å². The SMILES string of the molecule is CC(C)S(=O)(=O)NC1(C#N)C=[C]C(Cl)C=C1. The number of nitrogens with one attached hydrogen (secondary N) is 1. The van der Waals surface area contributed by atoms with Crippen LogP contribution in [0.2, 0.25) is 0 Å². The summed E-state index contributed by atoms with van der Waals surface area (Å²) in [5, 5.41) is 8.00. The van der Waals surface area contributed by atoms with E-state index in [4.69, 9.17) is 16.9 Å². The summed E-state index contributed by atoms with van der Waals surface area (Å²) >= 11 is 5.72. The van der Waals surface area contributed by atoms with E-state index in [0.717, 1.165) is 0 Å². The van der Waals surface area contributed by atoms with Crippen LogP contribution in [-0.4, -0.2) is 24.6 Å². The first kappa shape index (κ1) is 13.2. The first-order valence-electron chi connectivity index (χ1n) is 4.69. The average Bonchev–Trinajstić information content (AvgIpc) is 2.21. The number of sulfonamides is 1. The standard InChI is InChI=1S/C10H12ClN2O2S/c1-8(2)16(14,15)13-10(7-12)5-3-9(11)4-6-10/h3,5-6,8-9,13H,1-2H3. The second kappa shape index (κ2) is 4.58. The van der Waals surface area contributed by atoms with Gasteiger partial charge in [0.05, 0.1) is 16.7 Å².